The first-order valence-corrected chi connectivity index (χ1v) is 9.65. The lowest BCUT2D eigenvalue weighted by Crippen LogP contribution is -2.49. The van der Waals surface area contributed by atoms with E-state index in [1.165, 1.54) is 12.8 Å². The monoisotopic (exact) mass is 355 g/mol. The molecule has 2 aliphatic heterocycles. The minimum Gasteiger partial charge on any atom is -0.368 e. The van der Waals surface area contributed by atoms with Crippen molar-refractivity contribution in [3.63, 3.8) is 0 Å². The number of nitrogens with one attached hydrogen (secondary N) is 1. The van der Waals surface area contributed by atoms with Gasteiger partial charge in [-0.05, 0) is 64.2 Å². The molecule has 0 aromatic carbocycles. The average molecular weight is 355 g/mol. The molecule has 1 aliphatic carbocycles. The van der Waals surface area contributed by atoms with E-state index in [9.17, 15) is 0 Å². The standard InChI is InChI=1S/C19H29N7/c1-25-8-5-14(6-9-25)22-19-24-16(7-10-26(19)2)15-12-21-18(20)23-17(15)11-13-3-4-13/h7,12-14H,3-6,8-11H2,1-2H3,(H,22,24)(H2,20,21,23). The van der Waals surface area contributed by atoms with Crippen molar-refractivity contribution in [1.82, 2.24) is 25.1 Å². The minimum atomic E-state index is 0.353. The van der Waals surface area contributed by atoms with Gasteiger partial charge in [0, 0.05) is 31.4 Å². The van der Waals surface area contributed by atoms with E-state index in [-0.39, 0.29) is 0 Å². The highest BCUT2D eigenvalue weighted by molar-refractivity contribution is 5.88. The second kappa shape index (κ2) is 7.23. The van der Waals surface area contributed by atoms with Crippen molar-refractivity contribution in [3.05, 3.63) is 23.5 Å². The first-order valence-electron chi connectivity index (χ1n) is 9.65. The molecule has 1 saturated heterocycles. The van der Waals surface area contributed by atoms with Gasteiger partial charge in [0.2, 0.25) is 5.95 Å². The zero-order valence-corrected chi connectivity index (χ0v) is 15.8. The molecule has 1 saturated carbocycles. The van der Waals surface area contributed by atoms with Crippen molar-refractivity contribution in [2.24, 2.45) is 10.9 Å². The van der Waals surface area contributed by atoms with Crippen molar-refractivity contribution < 1.29 is 0 Å². The number of guanidine groups is 1. The van der Waals surface area contributed by atoms with Crippen molar-refractivity contribution in [3.8, 4) is 0 Å². The third kappa shape index (κ3) is 3.98. The Labute approximate surface area is 155 Å². The Kier molecular flexibility index (Phi) is 4.80. The normalized spacial score (nSPS) is 22.2. The number of rotatable bonds is 4. The van der Waals surface area contributed by atoms with E-state index < -0.39 is 0 Å². The van der Waals surface area contributed by atoms with Crippen LogP contribution < -0.4 is 11.1 Å². The first kappa shape index (κ1) is 17.3. The molecule has 3 heterocycles. The largest absolute Gasteiger partial charge is 0.368 e. The minimum absolute atomic E-state index is 0.353. The molecule has 0 amide bonds. The summed E-state index contributed by atoms with van der Waals surface area (Å²) in [6, 6.07) is 0.486. The second-order valence-corrected chi connectivity index (χ2v) is 7.86. The number of nitrogens with two attached hydrogens (primary N) is 1. The molecule has 7 nitrogen and oxygen atoms in total. The second-order valence-electron chi connectivity index (χ2n) is 7.86. The molecule has 1 aromatic heterocycles. The molecule has 2 fully saturated rings. The molecule has 0 radical (unpaired) electrons. The van der Waals surface area contributed by atoms with E-state index in [0.717, 1.165) is 67.7 Å². The first-order chi connectivity index (χ1) is 12.6. The number of anilines is 1. The molecule has 140 valence electrons. The summed E-state index contributed by atoms with van der Waals surface area (Å²) in [5, 5.41) is 3.65. The van der Waals surface area contributed by atoms with E-state index in [1.54, 1.807) is 0 Å². The molecule has 0 spiro atoms. The van der Waals surface area contributed by atoms with Crippen LogP contribution in [0.25, 0.3) is 5.70 Å². The van der Waals surface area contributed by atoms with Gasteiger partial charge in [0.25, 0.3) is 0 Å². The smallest absolute Gasteiger partial charge is 0.220 e. The summed E-state index contributed by atoms with van der Waals surface area (Å²) in [5.74, 6) is 2.05. The maximum absolute atomic E-state index is 5.84. The molecule has 4 rings (SSSR count). The molecule has 26 heavy (non-hydrogen) atoms. The van der Waals surface area contributed by atoms with Crippen LogP contribution >= 0.6 is 0 Å². The zero-order valence-electron chi connectivity index (χ0n) is 15.8. The highest BCUT2D eigenvalue weighted by atomic mass is 15.3. The number of hydrogen-bond donors (Lipinski definition) is 2. The van der Waals surface area contributed by atoms with Crippen LogP contribution in [0.1, 0.15) is 36.9 Å². The fourth-order valence-electron chi connectivity index (χ4n) is 3.60. The molecular formula is C19H29N7. The molecule has 3 N–H and O–H groups in total. The number of aromatic nitrogens is 2. The van der Waals surface area contributed by atoms with Gasteiger partial charge in [-0.15, -0.1) is 0 Å². The van der Waals surface area contributed by atoms with Crippen LogP contribution in [-0.4, -0.2) is 65.5 Å². The number of likely N-dealkylation sites (N-methyl/N-ethyl adjacent to an activating group) is 1. The van der Waals surface area contributed by atoms with Crippen LogP contribution in [0, 0.1) is 5.92 Å². The summed E-state index contributed by atoms with van der Waals surface area (Å²) in [7, 11) is 4.27. The quantitative estimate of drug-likeness (QED) is 0.848. The predicted molar refractivity (Wildman–Crippen MR) is 105 cm³/mol. The van der Waals surface area contributed by atoms with Crippen LogP contribution in [0.3, 0.4) is 0 Å². The van der Waals surface area contributed by atoms with Gasteiger partial charge >= 0.3 is 0 Å². The van der Waals surface area contributed by atoms with Crippen molar-refractivity contribution in [2.45, 2.75) is 38.1 Å². The number of likely N-dealkylation sites (tertiary alicyclic amines) is 1. The number of hydrogen-bond acceptors (Lipinski definition) is 7. The van der Waals surface area contributed by atoms with Gasteiger partial charge in [0.15, 0.2) is 5.96 Å². The number of aliphatic imine (C=N–C) groups is 1. The Morgan fingerprint density at radius 2 is 1.96 bits per heavy atom. The van der Waals surface area contributed by atoms with E-state index in [1.807, 2.05) is 6.20 Å². The van der Waals surface area contributed by atoms with Crippen LogP contribution in [-0.2, 0) is 6.42 Å². The number of piperidine rings is 1. The Morgan fingerprint density at radius 1 is 1.19 bits per heavy atom. The lowest BCUT2D eigenvalue weighted by molar-refractivity contribution is 0.244. The summed E-state index contributed by atoms with van der Waals surface area (Å²) in [6.45, 7) is 3.10. The Bertz CT molecular complexity index is 715. The Balaban J connectivity index is 1.54. The third-order valence-electron chi connectivity index (χ3n) is 5.54. The highest BCUT2D eigenvalue weighted by Gasteiger charge is 2.26. The topological polar surface area (TPSA) is 82.7 Å². The summed E-state index contributed by atoms with van der Waals surface area (Å²) in [4.78, 5) is 18.2. The summed E-state index contributed by atoms with van der Waals surface area (Å²) in [6.07, 6.45) is 9.86. The summed E-state index contributed by atoms with van der Waals surface area (Å²) < 4.78 is 0. The van der Waals surface area contributed by atoms with E-state index >= 15 is 0 Å². The molecule has 0 atom stereocenters. The molecule has 1 aromatic rings. The summed E-state index contributed by atoms with van der Waals surface area (Å²) >= 11 is 0. The van der Waals surface area contributed by atoms with Crippen molar-refractivity contribution in [2.75, 3.05) is 39.5 Å². The molecule has 3 aliphatic rings. The maximum atomic E-state index is 5.84. The Hall–Kier alpha value is -2.15. The molecular weight excluding hydrogens is 326 g/mol. The van der Waals surface area contributed by atoms with Gasteiger partial charge in [-0.3, -0.25) is 0 Å². The van der Waals surface area contributed by atoms with Gasteiger partial charge in [0.1, 0.15) is 0 Å². The SMILES string of the molecule is CN1CCC(NC2=NC(c3cnc(N)nc3CC3CC3)=CCN2C)CC1. The third-order valence-corrected chi connectivity index (χ3v) is 5.54. The van der Waals surface area contributed by atoms with E-state index in [0.29, 0.717) is 12.0 Å². The maximum Gasteiger partial charge on any atom is 0.220 e. The van der Waals surface area contributed by atoms with Crippen molar-refractivity contribution >= 4 is 17.6 Å². The number of nitrogens with zero attached hydrogens (tertiary/aromatic N) is 5. The lowest BCUT2D eigenvalue weighted by atomic mass is 10.1. The van der Waals surface area contributed by atoms with Crippen molar-refractivity contribution in [1.29, 1.82) is 0 Å². The van der Waals surface area contributed by atoms with E-state index in [2.05, 4.69) is 45.3 Å². The average Bonchev–Trinajstić information content (AvgIpc) is 3.43. The number of nitrogen functional groups attached to an aromatic ring is 1. The molecule has 0 bridgehead atoms. The Morgan fingerprint density at radius 3 is 2.69 bits per heavy atom. The van der Waals surface area contributed by atoms with Gasteiger partial charge < -0.3 is 20.9 Å². The van der Waals surface area contributed by atoms with Gasteiger partial charge in [-0.1, -0.05) is 0 Å². The predicted octanol–water partition coefficient (Wildman–Crippen LogP) is 1.34. The highest BCUT2D eigenvalue weighted by Crippen LogP contribution is 2.34. The van der Waals surface area contributed by atoms with Gasteiger partial charge in [-0.25, -0.2) is 15.0 Å². The van der Waals surface area contributed by atoms with Gasteiger partial charge in [-0.2, -0.15) is 0 Å². The van der Waals surface area contributed by atoms with Crippen LogP contribution in [0.2, 0.25) is 0 Å². The van der Waals surface area contributed by atoms with Gasteiger partial charge in [0.05, 0.1) is 11.4 Å². The molecule has 7 heteroatoms. The van der Waals surface area contributed by atoms with Crippen LogP contribution in [0.15, 0.2) is 17.3 Å². The van der Waals surface area contributed by atoms with E-state index in [4.69, 9.17) is 10.7 Å². The van der Waals surface area contributed by atoms with Crippen LogP contribution in [0.5, 0.6) is 0 Å². The zero-order chi connectivity index (χ0) is 18.1. The van der Waals surface area contributed by atoms with Crippen LogP contribution in [0.4, 0.5) is 5.95 Å². The lowest BCUT2D eigenvalue weighted by Gasteiger charge is -2.33. The fraction of sp³-hybridized carbons (Fsp3) is 0.632. The molecule has 0 unspecified atom stereocenters. The fourth-order valence-corrected chi connectivity index (χ4v) is 3.60. The summed E-state index contributed by atoms with van der Waals surface area (Å²) in [5.41, 5.74) is 8.87.